The summed E-state index contributed by atoms with van der Waals surface area (Å²) >= 11 is 0. The average Bonchev–Trinajstić information content (AvgIpc) is 2.83. The third-order valence-corrected chi connectivity index (χ3v) is 6.35. The number of carbonyl (C=O) groups excluding carboxylic acids is 2. The van der Waals surface area contributed by atoms with Gasteiger partial charge in [0.2, 0.25) is 0 Å². The van der Waals surface area contributed by atoms with Crippen molar-refractivity contribution in [3.8, 4) is 5.75 Å². The van der Waals surface area contributed by atoms with Crippen LogP contribution in [0.5, 0.6) is 5.75 Å². The molecular formula is C27H28FNO5. The molecule has 1 aliphatic carbocycles. The van der Waals surface area contributed by atoms with Crippen LogP contribution in [0.25, 0.3) is 0 Å². The van der Waals surface area contributed by atoms with Crippen LogP contribution >= 0.6 is 0 Å². The Morgan fingerprint density at radius 3 is 2.50 bits per heavy atom. The van der Waals surface area contributed by atoms with Crippen LogP contribution in [0.15, 0.2) is 71.1 Å². The summed E-state index contributed by atoms with van der Waals surface area (Å²) in [6.07, 6.45) is 0.867. The summed E-state index contributed by atoms with van der Waals surface area (Å²) in [4.78, 5) is 26.7. The van der Waals surface area contributed by atoms with Gasteiger partial charge in [0.25, 0.3) is 0 Å². The Labute approximate surface area is 198 Å². The van der Waals surface area contributed by atoms with E-state index in [0.717, 1.165) is 17.0 Å². The molecule has 1 N–H and O–H groups in total. The Morgan fingerprint density at radius 1 is 1.06 bits per heavy atom. The van der Waals surface area contributed by atoms with Gasteiger partial charge in [-0.05, 0) is 42.7 Å². The number of Topliss-reactive ketones (excluding diaryl/α,β-unsaturated/α-hetero) is 1. The van der Waals surface area contributed by atoms with Crippen molar-refractivity contribution in [2.45, 2.75) is 31.6 Å². The van der Waals surface area contributed by atoms with Crippen molar-refractivity contribution in [3.05, 3.63) is 88.0 Å². The Balaban J connectivity index is 1.75. The number of esters is 1. The van der Waals surface area contributed by atoms with Crippen molar-refractivity contribution < 1.29 is 28.2 Å². The molecule has 0 saturated heterocycles. The number of halogens is 1. The first-order valence-electron chi connectivity index (χ1n) is 11.2. The van der Waals surface area contributed by atoms with Gasteiger partial charge < -0.3 is 19.5 Å². The number of carbonyl (C=O) groups is 2. The van der Waals surface area contributed by atoms with Gasteiger partial charge in [-0.2, -0.15) is 0 Å². The molecular weight excluding hydrogens is 437 g/mol. The molecule has 2 atom stereocenters. The number of methoxy groups -OCH3 is 2. The van der Waals surface area contributed by atoms with Crippen LogP contribution < -0.4 is 10.1 Å². The number of nitrogens with one attached hydrogen (secondary N) is 1. The molecule has 4 rings (SSSR count). The SMILES string of the molecule is COCCOC(=O)C1=C(C)NC2=C(C(=O)C[C@@H](c3ccccc3OC)C2)[C@H]1c1ccc(F)cc1. The van der Waals surface area contributed by atoms with Crippen molar-refractivity contribution in [3.63, 3.8) is 0 Å². The van der Waals surface area contributed by atoms with Gasteiger partial charge in [-0.1, -0.05) is 30.3 Å². The lowest BCUT2D eigenvalue weighted by Crippen LogP contribution is -2.36. The monoisotopic (exact) mass is 465 g/mol. The van der Waals surface area contributed by atoms with Crippen LogP contribution in [0.1, 0.15) is 42.7 Å². The molecule has 178 valence electrons. The normalized spacial score (nSPS) is 20.1. The predicted octanol–water partition coefficient (Wildman–Crippen LogP) is 4.39. The van der Waals surface area contributed by atoms with Crippen molar-refractivity contribution in [1.29, 1.82) is 0 Å². The smallest absolute Gasteiger partial charge is 0.336 e. The summed E-state index contributed by atoms with van der Waals surface area (Å²) in [6, 6.07) is 13.6. The first-order valence-corrected chi connectivity index (χ1v) is 11.2. The van der Waals surface area contributed by atoms with Crippen molar-refractivity contribution in [2.24, 2.45) is 0 Å². The van der Waals surface area contributed by atoms with Gasteiger partial charge in [-0.15, -0.1) is 0 Å². The third kappa shape index (κ3) is 4.61. The van der Waals surface area contributed by atoms with Gasteiger partial charge in [0.05, 0.1) is 19.3 Å². The van der Waals surface area contributed by atoms with Crippen LogP contribution in [-0.4, -0.2) is 39.2 Å². The quantitative estimate of drug-likeness (QED) is 0.483. The van der Waals surface area contributed by atoms with E-state index in [0.29, 0.717) is 28.8 Å². The lowest BCUT2D eigenvalue weighted by Gasteiger charge is -2.37. The molecule has 6 nitrogen and oxygen atoms in total. The lowest BCUT2D eigenvalue weighted by molar-refractivity contribution is -0.140. The summed E-state index contributed by atoms with van der Waals surface area (Å²) in [7, 11) is 3.14. The number of ketones is 1. The molecule has 7 heteroatoms. The minimum absolute atomic E-state index is 0.0614. The predicted molar refractivity (Wildman–Crippen MR) is 125 cm³/mol. The Morgan fingerprint density at radius 2 is 1.79 bits per heavy atom. The highest BCUT2D eigenvalue weighted by Crippen LogP contribution is 2.46. The maximum Gasteiger partial charge on any atom is 0.336 e. The van der Waals surface area contributed by atoms with Crippen LogP contribution in [0, 0.1) is 5.82 Å². The molecule has 1 aliphatic heterocycles. The van der Waals surface area contributed by atoms with Gasteiger partial charge >= 0.3 is 5.97 Å². The van der Waals surface area contributed by atoms with E-state index in [-0.39, 0.29) is 37.2 Å². The Kier molecular flexibility index (Phi) is 7.12. The molecule has 2 aromatic carbocycles. The molecule has 0 spiro atoms. The second kappa shape index (κ2) is 10.2. The molecule has 2 aromatic rings. The minimum Gasteiger partial charge on any atom is -0.496 e. The first kappa shape index (κ1) is 23.7. The maximum atomic E-state index is 13.7. The summed E-state index contributed by atoms with van der Waals surface area (Å²) < 4.78 is 29.6. The fourth-order valence-electron chi connectivity index (χ4n) is 4.82. The van der Waals surface area contributed by atoms with Crippen LogP contribution in [-0.2, 0) is 19.1 Å². The molecule has 0 amide bonds. The lowest BCUT2D eigenvalue weighted by atomic mass is 9.71. The highest BCUT2D eigenvalue weighted by Gasteiger charge is 2.41. The highest BCUT2D eigenvalue weighted by molar-refractivity contribution is 6.04. The molecule has 0 radical (unpaired) electrons. The average molecular weight is 466 g/mol. The van der Waals surface area contributed by atoms with Crippen LogP contribution in [0.4, 0.5) is 4.39 Å². The number of hydrogen-bond donors (Lipinski definition) is 1. The van der Waals surface area contributed by atoms with E-state index in [9.17, 15) is 14.0 Å². The van der Waals surface area contributed by atoms with E-state index in [1.807, 2.05) is 24.3 Å². The highest BCUT2D eigenvalue weighted by atomic mass is 19.1. The van der Waals surface area contributed by atoms with Crippen LogP contribution in [0.3, 0.4) is 0 Å². The Hall–Kier alpha value is -3.45. The molecule has 0 bridgehead atoms. The van der Waals surface area contributed by atoms with Gasteiger partial charge in [0.1, 0.15) is 18.2 Å². The number of benzene rings is 2. The second-order valence-corrected chi connectivity index (χ2v) is 8.44. The molecule has 0 saturated carbocycles. The summed E-state index contributed by atoms with van der Waals surface area (Å²) in [6.45, 7) is 2.16. The zero-order chi connectivity index (χ0) is 24.2. The summed E-state index contributed by atoms with van der Waals surface area (Å²) in [5.74, 6) is -0.936. The van der Waals surface area contributed by atoms with Gasteiger partial charge in [-0.25, -0.2) is 9.18 Å². The topological polar surface area (TPSA) is 73.9 Å². The van der Waals surface area contributed by atoms with Crippen molar-refractivity contribution >= 4 is 11.8 Å². The molecule has 1 heterocycles. The van der Waals surface area contributed by atoms with E-state index in [4.69, 9.17) is 14.2 Å². The van der Waals surface area contributed by atoms with E-state index in [2.05, 4.69) is 5.32 Å². The van der Waals surface area contributed by atoms with Gasteiger partial charge in [0.15, 0.2) is 5.78 Å². The third-order valence-electron chi connectivity index (χ3n) is 6.35. The molecule has 0 aromatic heterocycles. The summed E-state index contributed by atoms with van der Waals surface area (Å²) in [5, 5.41) is 3.31. The van der Waals surface area contributed by atoms with E-state index in [1.54, 1.807) is 26.2 Å². The second-order valence-electron chi connectivity index (χ2n) is 8.44. The number of rotatable bonds is 7. The number of hydrogen-bond acceptors (Lipinski definition) is 6. The molecule has 0 unspecified atom stereocenters. The van der Waals surface area contributed by atoms with Crippen molar-refractivity contribution in [2.75, 3.05) is 27.4 Å². The summed E-state index contributed by atoms with van der Waals surface area (Å²) in [5.41, 5.74) is 3.90. The Bertz CT molecular complexity index is 1150. The van der Waals surface area contributed by atoms with Crippen molar-refractivity contribution in [1.82, 2.24) is 5.32 Å². The van der Waals surface area contributed by atoms with E-state index >= 15 is 0 Å². The minimum atomic E-state index is -0.641. The fraction of sp³-hybridized carbons (Fsp3) is 0.333. The fourth-order valence-corrected chi connectivity index (χ4v) is 4.82. The largest absolute Gasteiger partial charge is 0.496 e. The number of ether oxygens (including phenoxy) is 3. The van der Waals surface area contributed by atoms with E-state index < -0.39 is 11.9 Å². The number of para-hydroxylation sites is 1. The van der Waals surface area contributed by atoms with Gasteiger partial charge in [0, 0.05) is 42.3 Å². The zero-order valence-electron chi connectivity index (χ0n) is 19.5. The first-order chi connectivity index (χ1) is 16.4. The number of allylic oxidation sites excluding steroid dienone is 3. The standard InChI is InChI=1S/C27H28FNO5/c1-16-24(27(31)34-13-12-32-2)25(17-8-10-19(28)11-9-17)26-21(29-16)14-18(15-22(26)30)20-6-4-5-7-23(20)33-3/h4-11,18,25,29H,12-15H2,1-3H3/t18-,25-/m0/s1. The van der Waals surface area contributed by atoms with Gasteiger partial charge in [-0.3, -0.25) is 4.79 Å². The van der Waals surface area contributed by atoms with E-state index in [1.165, 1.54) is 19.2 Å². The molecule has 2 aliphatic rings. The maximum absolute atomic E-state index is 13.7. The molecule has 0 fully saturated rings. The van der Waals surface area contributed by atoms with Crippen LogP contribution in [0.2, 0.25) is 0 Å². The number of dihydropyridines is 1. The zero-order valence-corrected chi connectivity index (χ0v) is 19.5. The molecule has 34 heavy (non-hydrogen) atoms.